The normalized spacial score (nSPS) is 11.8. The second-order valence-corrected chi connectivity index (χ2v) is 7.25. The first-order valence-corrected chi connectivity index (χ1v) is 8.20. The highest BCUT2D eigenvalue weighted by Gasteiger charge is 2.20. The van der Waals surface area contributed by atoms with E-state index in [1.54, 1.807) is 6.92 Å². The largest absolute Gasteiger partial charge is 0.495 e. The van der Waals surface area contributed by atoms with E-state index in [9.17, 15) is 14.9 Å². The predicted molar refractivity (Wildman–Crippen MR) is 88.2 cm³/mol. The first-order chi connectivity index (χ1) is 10.9. The van der Waals surface area contributed by atoms with Gasteiger partial charge >= 0.3 is 0 Å². The number of amides is 1. The zero-order valence-electron chi connectivity index (χ0n) is 12.6. The van der Waals surface area contributed by atoms with Gasteiger partial charge in [-0.2, -0.15) is 0 Å². The number of aromatic nitrogens is 2. The maximum atomic E-state index is 12.3. The van der Waals surface area contributed by atoms with Gasteiger partial charge in [0.15, 0.2) is 4.34 Å². The van der Waals surface area contributed by atoms with Gasteiger partial charge in [-0.1, -0.05) is 23.1 Å². The number of nitro groups is 1. The molecular formula is C13H14N4O4S2. The quantitative estimate of drug-likeness (QED) is 0.483. The molecule has 0 spiro atoms. The van der Waals surface area contributed by atoms with Crippen molar-refractivity contribution in [3.05, 3.63) is 33.3 Å². The van der Waals surface area contributed by atoms with Crippen molar-refractivity contribution >= 4 is 40.4 Å². The summed E-state index contributed by atoms with van der Waals surface area (Å²) < 4.78 is 5.81. The number of thioether (sulfide) groups is 1. The summed E-state index contributed by atoms with van der Waals surface area (Å²) in [7, 11) is 1.43. The summed E-state index contributed by atoms with van der Waals surface area (Å²) in [6, 6.07) is 4.03. The van der Waals surface area contributed by atoms with Crippen molar-refractivity contribution < 1.29 is 14.5 Å². The lowest BCUT2D eigenvalue weighted by atomic mass is 10.2. The molecule has 8 nitrogen and oxygen atoms in total. The van der Waals surface area contributed by atoms with Crippen LogP contribution in [0.1, 0.15) is 11.9 Å². The average Bonchev–Trinajstić information content (AvgIpc) is 2.92. The van der Waals surface area contributed by atoms with Crippen LogP contribution >= 0.6 is 23.1 Å². The molecule has 10 heteroatoms. The lowest BCUT2D eigenvalue weighted by Crippen LogP contribution is -2.22. The summed E-state index contributed by atoms with van der Waals surface area (Å²) in [4.78, 5) is 22.6. The number of hydrogen-bond acceptors (Lipinski definition) is 8. The van der Waals surface area contributed by atoms with Crippen molar-refractivity contribution in [2.75, 3.05) is 12.4 Å². The molecule has 1 heterocycles. The highest BCUT2D eigenvalue weighted by Crippen LogP contribution is 2.31. The molecule has 2 rings (SSSR count). The molecule has 0 bridgehead atoms. The van der Waals surface area contributed by atoms with Gasteiger partial charge in [-0.15, -0.1) is 10.2 Å². The van der Waals surface area contributed by atoms with Crippen molar-refractivity contribution in [3.63, 3.8) is 0 Å². The van der Waals surface area contributed by atoms with Crippen molar-refractivity contribution in [3.8, 4) is 5.75 Å². The van der Waals surface area contributed by atoms with Crippen molar-refractivity contribution in [2.24, 2.45) is 0 Å². The Kier molecular flexibility index (Phi) is 5.50. The summed E-state index contributed by atoms with van der Waals surface area (Å²) in [5, 5.41) is 21.7. The van der Waals surface area contributed by atoms with Crippen molar-refractivity contribution in [1.82, 2.24) is 10.2 Å². The number of hydrogen-bond donors (Lipinski definition) is 1. The van der Waals surface area contributed by atoms with E-state index in [0.717, 1.165) is 5.01 Å². The summed E-state index contributed by atoms with van der Waals surface area (Å²) in [6.45, 7) is 3.56. The molecule has 1 aromatic heterocycles. The maximum Gasteiger partial charge on any atom is 0.271 e. The number of non-ortho nitro benzene ring substituents is 1. The molecule has 0 saturated heterocycles. The molecule has 2 aromatic rings. The van der Waals surface area contributed by atoms with E-state index >= 15 is 0 Å². The Balaban J connectivity index is 2.12. The number of methoxy groups -OCH3 is 1. The van der Waals surface area contributed by atoms with E-state index < -0.39 is 10.2 Å². The van der Waals surface area contributed by atoms with Crippen LogP contribution in [-0.4, -0.2) is 33.4 Å². The van der Waals surface area contributed by atoms with Crippen LogP contribution in [0.4, 0.5) is 11.4 Å². The van der Waals surface area contributed by atoms with E-state index in [1.165, 1.54) is 48.4 Å². The van der Waals surface area contributed by atoms with Crippen LogP contribution in [-0.2, 0) is 4.79 Å². The van der Waals surface area contributed by atoms with Crippen LogP contribution in [0.5, 0.6) is 5.75 Å². The highest BCUT2D eigenvalue weighted by atomic mass is 32.2. The topological polar surface area (TPSA) is 107 Å². The van der Waals surface area contributed by atoms with Gasteiger partial charge < -0.3 is 10.1 Å². The number of nitrogens with zero attached hydrogens (tertiary/aromatic N) is 3. The standard InChI is InChI=1S/C13H14N4O4S2/c1-7(22-13-16-15-8(2)23-13)12(18)14-10-6-9(17(19)20)4-5-11(10)21-3/h4-7H,1-3H3,(H,14,18)/t7-/m1/s1. The molecule has 0 aliphatic rings. The lowest BCUT2D eigenvalue weighted by molar-refractivity contribution is -0.384. The third-order valence-corrected chi connectivity index (χ3v) is 4.83. The fraction of sp³-hybridized carbons (Fsp3) is 0.308. The number of anilines is 1. The van der Waals surface area contributed by atoms with Crippen LogP contribution in [0.3, 0.4) is 0 Å². The van der Waals surface area contributed by atoms with Crippen molar-refractivity contribution in [2.45, 2.75) is 23.4 Å². The van der Waals surface area contributed by atoms with Crippen molar-refractivity contribution in [1.29, 1.82) is 0 Å². The van der Waals surface area contributed by atoms with Crippen LogP contribution in [0.2, 0.25) is 0 Å². The number of aryl methyl sites for hydroxylation is 1. The summed E-state index contributed by atoms with van der Waals surface area (Å²) in [5.74, 6) is 0.0505. The van der Waals surface area contributed by atoms with E-state index in [2.05, 4.69) is 15.5 Å². The lowest BCUT2D eigenvalue weighted by Gasteiger charge is -2.13. The Bertz CT molecular complexity index is 735. The second kappa shape index (κ2) is 7.38. The van der Waals surface area contributed by atoms with E-state index in [4.69, 9.17) is 4.74 Å². The molecule has 0 unspecified atom stereocenters. The smallest absolute Gasteiger partial charge is 0.271 e. The van der Waals surface area contributed by atoms with Gasteiger partial charge in [0.25, 0.3) is 5.69 Å². The molecule has 122 valence electrons. The number of carbonyl (C=O) groups is 1. The molecule has 0 aliphatic carbocycles. The minimum Gasteiger partial charge on any atom is -0.495 e. The Morgan fingerprint density at radius 2 is 2.22 bits per heavy atom. The molecule has 1 aromatic carbocycles. The number of nitrogens with one attached hydrogen (secondary N) is 1. The fourth-order valence-corrected chi connectivity index (χ4v) is 3.63. The first kappa shape index (κ1) is 17.2. The summed E-state index contributed by atoms with van der Waals surface area (Å²) >= 11 is 2.67. The summed E-state index contributed by atoms with van der Waals surface area (Å²) in [6.07, 6.45) is 0. The molecule has 0 fully saturated rings. The van der Waals surface area contributed by atoms with E-state index in [1.807, 2.05) is 6.92 Å². The SMILES string of the molecule is COc1ccc([N+](=O)[O-])cc1NC(=O)[C@@H](C)Sc1nnc(C)s1. The van der Waals surface area contributed by atoms with Gasteiger partial charge in [0.2, 0.25) is 5.91 Å². The summed E-state index contributed by atoms with van der Waals surface area (Å²) in [5.41, 5.74) is 0.133. The molecule has 0 aliphatic heterocycles. The Morgan fingerprint density at radius 3 is 2.78 bits per heavy atom. The van der Waals surface area contributed by atoms with Crippen LogP contribution in [0, 0.1) is 17.0 Å². The minimum atomic E-state index is -0.530. The molecule has 1 N–H and O–H groups in total. The third-order valence-electron chi connectivity index (χ3n) is 2.81. The van der Waals surface area contributed by atoms with E-state index in [-0.39, 0.29) is 17.3 Å². The molecule has 1 atom stereocenters. The average molecular weight is 354 g/mol. The molecular weight excluding hydrogens is 340 g/mol. The second-order valence-electron chi connectivity index (χ2n) is 4.48. The monoisotopic (exact) mass is 354 g/mol. The first-order valence-electron chi connectivity index (χ1n) is 6.50. The Hall–Kier alpha value is -2.20. The van der Waals surface area contributed by atoms with Gasteiger partial charge in [-0.05, 0) is 19.9 Å². The van der Waals surface area contributed by atoms with Gasteiger partial charge in [0.1, 0.15) is 10.8 Å². The number of benzene rings is 1. The molecule has 23 heavy (non-hydrogen) atoms. The van der Waals surface area contributed by atoms with Gasteiger partial charge in [-0.3, -0.25) is 14.9 Å². The number of nitro benzene ring substituents is 1. The van der Waals surface area contributed by atoms with Gasteiger partial charge in [0, 0.05) is 12.1 Å². The van der Waals surface area contributed by atoms with E-state index in [0.29, 0.717) is 10.1 Å². The highest BCUT2D eigenvalue weighted by molar-refractivity contribution is 8.02. The molecule has 0 radical (unpaired) electrons. The minimum absolute atomic E-state index is 0.124. The zero-order chi connectivity index (χ0) is 17.0. The number of ether oxygens (including phenoxy) is 1. The number of carbonyl (C=O) groups excluding carboxylic acids is 1. The Labute approximate surface area is 140 Å². The van der Waals surface area contributed by atoms with Crippen LogP contribution < -0.4 is 10.1 Å². The Morgan fingerprint density at radius 1 is 1.48 bits per heavy atom. The third kappa shape index (κ3) is 4.39. The molecule has 0 saturated carbocycles. The number of rotatable bonds is 6. The van der Waals surface area contributed by atoms with Crippen LogP contribution in [0.25, 0.3) is 0 Å². The predicted octanol–water partition coefficient (Wildman–Crippen LogP) is 2.88. The fourth-order valence-electron chi connectivity index (χ4n) is 1.67. The van der Waals surface area contributed by atoms with Gasteiger partial charge in [0.05, 0.1) is 23.0 Å². The zero-order valence-corrected chi connectivity index (χ0v) is 14.2. The maximum absolute atomic E-state index is 12.3. The van der Waals surface area contributed by atoms with Gasteiger partial charge in [-0.25, -0.2) is 0 Å². The molecule has 1 amide bonds. The van der Waals surface area contributed by atoms with Crippen LogP contribution in [0.15, 0.2) is 22.5 Å².